The number of hydrogen-bond donors (Lipinski definition) is 2. The Balaban J connectivity index is 1.70. The monoisotopic (exact) mass is 396 g/mol. The predicted octanol–water partition coefficient (Wildman–Crippen LogP) is 2.46. The maximum absolute atomic E-state index is 12.6. The minimum atomic E-state index is -1.07. The first-order valence-corrected chi connectivity index (χ1v) is 9.37. The number of piperazine rings is 1. The molecule has 0 spiro atoms. The van der Waals surface area contributed by atoms with Crippen LogP contribution in [0, 0.1) is 0 Å². The van der Waals surface area contributed by atoms with Crippen molar-refractivity contribution < 1.29 is 24.2 Å². The van der Waals surface area contributed by atoms with E-state index in [1.807, 2.05) is 24.3 Å². The molecule has 2 aromatic rings. The van der Waals surface area contributed by atoms with Gasteiger partial charge in [0.2, 0.25) is 0 Å². The number of aliphatic carboxylic acids is 1. The van der Waals surface area contributed by atoms with Crippen LogP contribution in [0.25, 0.3) is 6.08 Å². The maximum Gasteiger partial charge on any atom is 0.341 e. The molecular formula is C22H24N2O5. The van der Waals surface area contributed by atoms with Crippen LogP contribution in [-0.4, -0.2) is 56.8 Å². The molecule has 1 fully saturated rings. The van der Waals surface area contributed by atoms with E-state index in [1.54, 1.807) is 24.3 Å². The van der Waals surface area contributed by atoms with E-state index in [4.69, 9.17) is 14.6 Å². The maximum atomic E-state index is 12.6. The number of carboxylic acid groups (broad SMARTS) is 1. The Morgan fingerprint density at radius 2 is 1.93 bits per heavy atom. The van der Waals surface area contributed by atoms with Crippen molar-refractivity contribution in [3.63, 3.8) is 0 Å². The van der Waals surface area contributed by atoms with Gasteiger partial charge in [0.1, 0.15) is 0 Å². The van der Waals surface area contributed by atoms with Crippen LogP contribution in [0.4, 0.5) is 5.69 Å². The number of anilines is 1. The quantitative estimate of drug-likeness (QED) is 0.523. The fourth-order valence-electron chi connectivity index (χ4n) is 3.09. The van der Waals surface area contributed by atoms with Crippen molar-refractivity contribution in [3.05, 3.63) is 59.7 Å². The molecule has 0 saturated carbocycles. The van der Waals surface area contributed by atoms with E-state index in [0.717, 1.165) is 37.4 Å². The number of methoxy groups -OCH3 is 1. The third kappa shape index (κ3) is 5.58. The number of ketones is 1. The summed E-state index contributed by atoms with van der Waals surface area (Å²) in [5.41, 5.74) is 2.43. The molecule has 0 aliphatic carbocycles. The van der Waals surface area contributed by atoms with Crippen molar-refractivity contribution in [2.45, 2.75) is 0 Å². The van der Waals surface area contributed by atoms with E-state index in [-0.39, 0.29) is 5.78 Å². The Labute approximate surface area is 169 Å². The summed E-state index contributed by atoms with van der Waals surface area (Å²) in [6.07, 6.45) is 3.22. The zero-order valence-corrected chi connectivity index (χ0v) is 16.3. The SMILES string of the molecule is COc1cc(C=CC(=O)c2cccc(N3CCNCC3)c2)ccc1OCC(=O)O. The topological polar surface area (TPSA) is 88.1 Å². The number of carboxylic acids is 1. The van der Waals surface area contributed by atoms with Gasteiger partial charge in [0, 0.05) is 37.4 Å². The molecule has 0 amide bonds. The average Bonchev–Trinajstić information content (AvgIpc) is 2.76. The van der Waals surface area contributed by atoms with Crippen LogP contribution in [0.5, 0.6) is 11.5 Å². The molecule has 0 aromatic heterocycles. The van der Waals surface area contributed by atoms with Gasteiger partial charge in [0.05, 0.1) is 7.11 Å². The molecule has 7 heteroatoms. The summed E-state index contributed by atoms with van der Waals surface area (Å²) in [7, 11) is 1.48. The Hall–Kier alpha value is -3.32. The predicted molar refractivity (Wildman–Crippen MR) is 111 cm³/mol. The van der Waals surface area contributed by atoms with E-state index in [0.29, 0.717) is 17.1 Å². The van der Waals surface area contributed by atoms with Crippen molar-refractivity contribution in [3.8, 4) is 11.5 Å². The van der Waals surface area contributed by atoms with Crippen molar-refractivity contribution in [2.75, 3.05) is 44.8 Å². The Morgan fingerprint density at radius 3 is 2.66 bits per heavy atom. The van der Waals surface area contributed by atoms with E-state index in [9.17, 15) is 9.59 Å². The van der Waals surface area contributed by atoms with Gasteiger partial charge in [-0.05, 0) is 35.9 Å². The number of ether oxygens (including phenoxy) is 2. The summed E-state index contributed by atoms with van der Waals surface area (Å²) in [4.78, 5) is 25.5. The lowest BCUT2D eigenvalue weighted by molar-refractivity contribution is -0.139. The first kappa shape index (κ1) is 20.4. The molecule has 1 saturated heterocycles. The molecule has 1 aliphatic rings. The summed E-state index contributed by atoms with van der Waals surface area (Å²) >= 11 is 0. The highest BCUT2D eigenvalue weighted by Gasteiger charge is 2.12. The fraction of sp³-hybridized carbons (Fsp3) is 0.273. The summed E-state index contributed by atoms with van der Waals surface area (Å²) in [6, 6.07) is 12.7. The van der Waals surface area contributed by atoms with Gasteiger partial charge in [-0.15, -0.1) is 0 Å². The first-order valence-electron chi connectivity index (χ1n) is 9.37. The highest BCUT2D eigenvalue weighted by molar-refractivity contribution is 6.07. The molecule has 0 bridgehead atoms. The second-order valence-electron chi connectivity index (χ2n) is 6.58. The van der Waals surface area contributed by atoms with E-state index < -0.39 is 12.6 Å². The normalized spacial score (nSPS) is 14.0. The lowest BCUT2D eigenvalue weighted by Crippen LogP contribution is -2.43. The standard InChI is InChI=1S/C22H24N2O5/c1-28-21-13-16(6-8-20(21)29-15-22(26)27)5-7-19(25)17-3-2-4-18(14-17)24-11-9-23-10-12-24/h2-8,13-14,23H,9-12,15H2,1H3,(H,26,27). The van der Waals surface area contributed by atoms with Crippen molar-refractivity contribution in [1.82, 2.24) is 5.32 Å². The number of carbonyl (C=O) groups excluding carboxylic acids is 1. The zero-order valence-electron chi connectivity index (χ0n) is 16.3. The first-order chi connectivity index (χ1) is 14.1. The van der Waals surface area contributed by atoms with E-state index in [2.05, 4.69) is 10.2 Å². The van der Waals surface area contributed by atoms with Gasteiger partial charge >= 0.3 is 5.97 Å². The van der Waals surface area contributed by atoms with Gasteiger partial charge < -0.3 is 24.8 Å². The number of benzene rings is 2. The highest BCUT2D eigenvalue weighted by Crippen LogP contribution is 2.28. The molecule has 0 atom stereocenters. The van der Waals surface area contributed by atoms with Gasteiger partial charge in [-0.25, -0.2) is 4.79 Å². The number of hydrogen-bond acceptors (Lipinski definition) is 6. The summed E-state index contributed by atoms with van der Waals surface area (Å²) in [5, 5.41) is 12.0. The van der Waals surface area contributed by atoms with Crippen LogP contribution in [0.3, 0.4) is 0 Å². The van der Waals surface area contributed by atoms with Crippen LogP contribution in [0.1, 0.15) is 15.9 Å². The second-order valence-corrected chi connectivity index (χ2v) is 6.58. The lowest BCUT2D eigenvalue weighted by Gasteiger charge is -2.29. The molecular weight excluding hydrogens is 372 g/mol. The Morgan fingerprint density at radius 1 is 1.14 bits per heavy atom. The molecule has 1 heterocycles. The van der Waals surface area contributed by atoms with Crippen LogP contribution in [-0.2, 0) is 4.79 Å². The van der Waals surface area contributed by atoms with E-state index in [1.165, 1.54) is 13.2 Å². The smallest absolute Gasteiger partial charge is 0.341 e. The largest absolute Gasteiger partial charge is 0.493 e. The van der Waals surface area contributed by atoms with Crippen LogP contribution >= 0.6 is 0 Å². The highest BCUT2D eigenvalue weighted by atomic mass is 16.5. The molecule has 152 valence electrons. The van der Waals surface area contributed by atoms with E-state index >= 15 is 0 Å². The zero-order chi connectivity index (χ0) is 20.6. The molecule has 2 aromatic carbocycles. The van der Waals surface area contributed by atoms with Crippen molar-refractivity contribution in [1.29, 1.82) is 0 Å². The van der Waals surface area contributed by atoms with Gasteiger partial charge in [-0.1, -0.05) is 24.3 Å². The number of rotatable bonds is 8. The molecule has 0 radical (unpaired) electrons. The average molecular weight is 396 g/mol. The summed E-state index contributed by atoms with van der Waals surface area (Å²) in [6.45, 7) is 3.26. The Bertz CT molecular complexity index is 904. The summed E-state index contributed by atoms with van der Waals surface area (Å²) < 4.78 is 10.4. The Kier molecular flexibility index (Phi) is 6.86. The second kappa shape index (κ2) is 9.75. The van der Waals surface area contributed by atoms with Crippen LogP contribution in [0.2, 0.25) is 0 Å². The summed E-state index contributed by atoms with van der Waals surface area (Å²) in [5.74, 6) is -0.416. The van der Waals surface area contributed by atoms with Crippen LogP contribution < -0.4 is 19.7 Å². The lowest BCUT2D eigenvalue weighted by atomic mass is 10.1. The third-order valence-corrected chi connectivity index (χ3v) is 4.58. The number of nitrogens with zero attached hydrogens (tertiary/aromatic N) is 1. The number of carbonyl (C=O) groups is 2. The molecule has 7 nitrogen and oxygen atoms in total. The van der Waals surface area contributed by atoms with Gasteiger partial charge in [0.25, 0.3) is 0 Å². The van der Waals surface area contributed by atoms with Gasteiger partial charge in [0.15, 0.2) is 23.9 Å². The minimum absolute atomic E-state index is 0.0906. The minimum Gasteiger partial charge on any atom is -0.493 e. The van der Waals surface area contributed by atoms with Gasteiger partial charge in [-0.2, -0.15) is 0 Å². The van der Waals surface area contributed by atoms with Crippen molar-refractivity contribution >= 4 is 23.5 Å². The molecule has 0 unspecified atom stereocenters. The van der Waals surface area contributed by atoms with Crippen LogP contribution in [0.15, 0.2) is 48.5 Å². The fourth-order valence-corrected chi connectivity index (χ4v) is 3.09. The number of allylic oxidation sites excluding steroid dienone is 1. The molecule has 29 heavy (non-hydrogen) atoms. The van der Waals surface area contributed by atoms with Crippen molar-refractivity contribution in [2.24, 2.45) is 0 Å². The molecule has 2 N–H and O–H groups in total. The number of nitrogens with one attached hydrogen (secondary N) is 1. The third-order valence-electron chi connectivity index (χ3n) is 4.58. The van der Waals surface area contributed by atoms with Gasteiger partial charge in [-0.3, -0.25) is 4.79 Å². The molecule has 3 rings (SSSR count). The molecule has 1 aliphatic heterocycles.